The van der Waals surface area contributed by atoms with E-state index in [-0.39, 0.29) is 11.9 Å². The van der Waals surface area contributed by atoms with Crippen molar-refractivity contribution in [2.45, 2.75) is 44.5 Å². The van der Waals surface area contributed by atoms with Gasteiger partial charge in [0, 0.05) is 12.0 Å². The first-order chi connectivity index (χ1) is 7.08. The molecule has 2 saturated heterocycles. The van der Waals surface area contributed by atoms with Gasteiger partial charge in [0.05, 0.1) is 6.10 Å². The van der Waals surface area contributed by atoms with Crippen LogP contribution in [0, 0.1) is 0 Å². The van der Waals surface area contributed by atoms with E-state index >= 15 is 0 Å². The number of ether oxygens (including phenoxy) is 2. The van der Waals surface area contributed by atoms with E-state index in [4.69, 9.17) is 9.47 Å². The molecule has 2 aliphatic rings. The number of rotatable bonds is 2. The lowest BCUT2D eigenvalue weighted by molar-refractivity contribution is -0.161. The van der Waals surface area contributed by atoms with E-state index in [1.807, 2.05) is 0 Å². The molecule has 0 aromatic rings. The Bertz CT molecular complexity index is 321. The van der Waals surface area contributed by atoms with Gasteiger partial charge in [-0.2, -0.15) is 0 Å². The van der Waals surface area contributed by atoms with Gasteiger partial charge in [-0.05, 0) is 19.8 Å². The molecule has 2 heterocycles. The largest absolute Gasteiger partial charge is 0.456 e. The smallest absolute Gasteiger partial charge is 0.333 e. The molecule has 0 saturated carbocycles. The minimum atomic E-state index is -0.535. The van der Waals surface area contributed by atoms with Gasteiger partial charge < -0.3 is 9.47 Å². The lowest BCUT2D eigenvalue weighted by atomic mass is 10.1. The highest BCUT2D eigenvalue weighted by atomic mass is 16.6. The van der Waals surface area contributed by atoms with Gasteiger partial charge in [-0.25, -0.2) is 4.79 Å². The summed E-state index contributed by atoms with van der Waals surface area (Å²) in [7, 11) is 0. The topological polar surface area (TPSA) is 52.6 Å². The number of ketones is 1. The highest BCUT2D eigenvalue weighted by Gasteiger charge is 2.44. The predicted octanol–water partition coefficient (Wildman–Crippen LogP) is 0.995. The minimum Gasteiger partial charge on any atom is -0.456 e. The van der Waals surface area contributed by atoms with Gasteiger partial charge in [0.25, 0.3) is 0 Å². The maximum absolute atomic E-state index is 11.5. The van der Waals surface area contributed by atoms with Crippen LogP contribution < -0.4 is 0 Å². The van der Waals surface area contributed by atoms with Crippen LogP contribution in [0.2, 0.25) is 0 Å². The zero-order valence-electron chi connectivity index (χ0n) is 8.69. The average Bonchev–Trinajstić information content (AvgIpc) is 2.48. The van der Waals surface area contributed by atoms with Crippen LogP contribution in [-0.2, 0) is 19.1 Å². The van der Waals surface area contributed by atoms with Gasteiger partial charge >= 0.3 is 5.97 Å². The average molecular weight is 210 g/mol. The molecular formula is C11H14O4. The van der Waals surface area contributed by atoms with Crippen LogP contribution in [0.25, 0.3) is 0 Å². The van der Waals surface area contributed by atoms with E-state index in [0.717, 1.165) is 6.42 Å². The monoisotopic (exact) mass is 210 g/mol. The molecule has 0 aliphatic carbocycles. The molecule has 0 N–H and O–H groups in total. The summed E-state index contributed by atoms with van der Waals surface area (Å²) in [4.78, 5) is 22.8. The van der Waals surface area contributed by atoms with Gasteiger partial charge in [-0.3, -0.25) is 4.79 Å². The van der Waals surface area contributed by atoms with Crippen LogP contribution in [0.4, 0.5) is 0 Å². The summed E-state index contributed by atoms with van der Waals surface area (Å²) in [5.74, 6) is -0.390. The van der Waals surface area contributed by atoms with Crippen molar-refractivity contribution >= 4 is 11.8 Å². The number of carbonyl (C=O) groups is 2. The molecule has 3 atom stereocenters. The first-order valence-corrected chi connectivity index (χ1v) is 5.12. The Kier molecular flexibility index (Phi) is 2.61. The van der Waals surface area contributed by atoms with Crippen molar-refractivity contribution in [1.29, 1.82) is 0 Å². The van der Waals surface area contributed by atoms with Crippen molar-refractivity contribution in [1.82, 2.24) is 0 Å². The molecule has 0 aromatic heterocycles. The highest BCUT2D eigenvalue weighted by Crippen LogP contribution is 2.32. The summed E-state index contributed by atoms with van der Waals surface area (Å²) in [6, 6.07) is 0. The maximum atomic E-state index is 11.5. The molecule has 3 unspecified atom stereocenters. The van der Waals surface area contributed by atoms with Crippen molar-refractivity contribution < 1.29 is 19.1 Å². The number of fused-ring (bicyclic) bond motifs is 2. The van der Waals surface area contributed by atoms with E-state index < -0.39 is 18.2 Å². The van der Waals surface area contributed by atoms with Crippen molar-refractivity contribution in [2.24, 2.45) is 0 Å². The number of hydrogen-bond acceptors (Lipinski definition) is 4. The van der Waals surface area contributed by atoms with E-state index in [1.54, 1.807) is 6.92 Å². The fourth-order valence-electron chi connectivity index (χ4n) is 2.00. The van der Waals surface area contributed by atoms with Crippen molar-refractivity contribution in [2.75, 3.05) is 0 Å². The zero-order chi connectivity index (χ0) is 11.0. The molecule has 0 amide bonds. The standard InChI is InChI=1S/C11H14O4/c1-6(2)11(13)15-9-4-3-7-5-8(12)10(9)14-7/h7,9-10H,1,3-5H2,2H3. The quantitative estimate of drug-likeness (QED) is 0.504. The fraction of sp³-hybridized carbons (Fsp3) is 0.636. The number of carbonyl (C=O) groups excluding carboxylic acids is 2. The molecule has 2 bridgehead atoms. The van der Waals surface area contributed by atoms with Crippen LogP contribution in [0.3, 0.4) is 0 Å². The molecule has 15 heavy (non-hydrogen) atoms. The Morgan fingerprint density at radius 2 is 2.27 bits per heavy atom. The SMILES string of the molecule is C=C(C)C(=O)OC1CCC2CC(=O)C1O2. The summed E-state index contributed by atoms with van der Waals surface area (Å²) >= 11 is 0. The third kappa shape index (κ3) is 1.95. The van der Waals surface area contributed by atoms with Crippen molar-refractivity contribution in [3.63, 3.8) is 0 Å². The number of Topliss-reactive ketones (excluding diaryl/α,β-unsaturated/α-hetero) is 1. The van der Waals surface area contributed by atoms with Crippen LogP contribution >= 0.6 is 0 Å². The molecule has 4 heteroatoms. The second-order valence-corrected chi connectivity index (χ2v) is 4.15. The van der Waals surface area contributed by atoms with Gasteiger partial charge in [-0.15, -0.1) is 0 Å². The highest BCUT2D eigenvalue weighted by molar-refractivity contribution is 5.89. The molecule has 4 nitrogen and oxygen atoms in total. The van der Waals surface area contributed by atoms with E-state index in [9.17, 15) is 9.59 Å². The summed E-state index contributed by atoms with van der Waals surface area (Å²) in [6.45, 7) is 5.09. The Morgan fingerprint density at radius 3 is 2.93 bits per heavy atom. The molecule has 0 aromatic carbocycles. The number of hydrogen-bond donors (Lipinski definition) is 0. The second kappa shape index (κ2) is 3.77. The van der Waals surface area contributed by atoms with Crippen LogP contribution in [0.1, 0.15) is 26.2 Å². The van der Waals surface area contributed by atoms with Crippen molar-refractivity contribution in [3.05, 3.63) is 12.2 Å². The van der Waals surface area contributed by atoms with Gasteiger partial charge in [-0.1, -0.05) is 6.58 Å². The Labute approximate surface area is 88.2 Å². The van der Waals surface area contributed by atoms with E-state index in [2.05, 4.69) is 6.58 Å². The molecule has 0 radical (unpaired) electrons. The number of esters is 1. The third-order valence-corrected chi connectivity index (χ3v) is 2.80. The zero-order valence-corrected chi connectivity index (χ0v) is 8.69. The lowest BCUT2D eigenvalue weighted by Crippen LogP contribution is -2.38. The molecular weight excluding hydrogens is 196 g/mol. The van der Waals surface area contributed by atoms with Crippen LogP contribution in [0.15, 0.2) is 12.2 Å². The minimum absolute atomic E-state index is 0.0438. The lowest BCUT2D eigenvalue weighted by Gasteiger charge is -2.27. The summed E-state index contributed by atoms with van der Waals surface area (Å²) < 4.78 is 10.6. The predicted molar refractivity (Wildman–Crippen MR) is 52.2 cm³/mol. The normalized spacial score (nSPS) is 33.9. The third-order valence-electron chi connectivity index (χ3n) is 2.80. The molecule has 82 valence electrons. The Morgan fingerprint density at radius 1 is 1.53 bits per heavy atom. The van der Waals surface area contributed by atoms with Gasteiger partial charge in [0.15, 0.2) is 11.9 Å². The summed E-state index contributed by atoms with van der Waals surface area (Å²) in [6.07, 6.45) is 1.05. The Hall–Kier alpha value is -1.16. The van der Waals surface area contributed by atoms with E-state index in [0.29, 0.717) is 18.4 Å². The summed E-state index contributed by atoms with van der Waals surface area (Å²) in [5.41, 5.74) is 0.350. The van der Waals surface area contributed by atoms with Crippen LogP contribution in [0.5, 0.6) is 0 Å². The maximum Gasteiger partial charge on any atom is 0.333 e. The molecule has 2 fully saturated rings. The fourth-order valence-corrected chi connectivity index (χ4v) is 2.00. The first kappa shape index (κ1) is 10.4. The second-order valence-electron chi connectivity index (χ2n) is 4.15. The van der Waals surface area contributed by atoms with Crippen LogP contribution in [-0.4, -0.2) is 30.1 Å². The first-order valence-electron chi connectivity index (χ1n) is 5.12. The molecule has 0 spiro atoms. The van der Waals surface area contributed by atoms with Crippen molar-refractivity contribution in [3.8, 4) is 0 Å². The van der Waals surface area contributed by atoms with Gasteiger partial charge in [0.1, 0.15) is 6.10 Å². The molecule has 2 rings (SSSR count). The molecule has 2 aliphatic heterocycles. The van der Waals surface area contributed by atoms with Gasteiger partial charge in [0.2, 0.25) is 0 Å². The Balaban J connectivity index is 2.01. The van der Waals surface area contributed by atoms with E-state index in [1.165, 1.54) is 0 Å². The summed E-state index contributed by atoms with van der Waals surface area (Å²) in [5, 5.41) is 0.